The monoisotopic (exact) mass is 280 g/mol. The van der Waals surface area contributed by atoms with E-state index in [9.17, 15) is 4.79 Å². The van der Waals surface area contributed by atoms with Gasteiger partial charge >= 0.3 is 0 Å². The van der Waals surface area contributed by atoms with E-state index in [1.165, 1.54) is 12.8 Å². The first kappa shape index (κ1) is 14.2. The van der Waals surface area contributed by atoms with Crippen LogP contribution in [-0.4, -0.2) is 18.5 Å². The zero-order valence-electron chi connectivity index (χ0n) is 11.3. The van der Waals surface area contributed by atoms with Crippen molar-refractivity contribution in [2.24, 2.45) is 5.92 Å². The summed E-state index contributed by atoms with van der Waals surface area (Å²) in [5.41, 5.74) is 0.914. The summed E-state index contributed by atoms with van der Waals surface area (Å²) in [6.45, 7) is 2.59. The van der Waals surface area contributed by atoms with Crippen molar-refractivity contribution in [1.82, 2.24) is 5.32 Å². The minimum absolute atomic E-state index is 0.0644. The maximum atomic E-state index is 11.8. The van der Waals surface area contributed by atoms with E-state index in [1.54, 1.807) is 0 Å². The molecule has 0 aromatic heterocycles. The fraction of sp³-hybridized carbons (Fsp3) is 0.533. The van der Waals surface area contributed by atoms with Crippen molar-refractivity contribution in [1.29, 1.82) is 0 Å². The molecule has 1 aliphatic rings. The van der Waals surface area contributed by atoms with Crippen LogP contribution in [-0.2, 0) is 4.79 Å². The molecule has 1 fully saturated rings. The van der Waals surface area contributed by atoms with Gasteiger partial charge in [-0.2, -0.15) is 0 Å². The summed E-state index contributed by atoms with van der Waals surface area (Å²) in [5.74, 6) is 0.870. The smallest absolute Gasteiger partial charge is 0.239 e. The van der Waals surface area contributed by atoms with Gasteiger partial charge in [0.15, 0.2) is 0 Å². The zero-order valence-corrected chi connectivity index (χ0v) is 12.0. The summed E-state index contributed by atoms with van der Waals surface area (Å²) in [7, 11) is 0. The second-order valence-electron chi connectivity index (χ2n) is 5.38. The lowest BCUT2D eigenvalue weighted by Gasteiger charge is -2.27. The molecule has 19 heavy (non-hydrogen) atoms. The Bertz CT molecular complexity index is 411. The van der Waals surface area contributed by atoms with Gasteiger partial charge in [-0.1, -0.05) is 18.5 Å². The standard InChI is InChI=1S/C15H21ClN2O/c1-11-2-6-14(7-3-11)18-15(19)10-17-13-8-4-12(16)5-9-13/h4-5,8-9,11,14,17H,2-3,6-7,10H2,1H3,(H,18,19). The number of anilines is 1. The van der Waals surface area contributed by atoms with E-state index >= 15 is 0 Å². The van der Waals surface area contributed by atoms with Gasteiger partial charge in [-0.25, -0.2) is 0 Å². The maximum absolute atomic E-state index is 11.8. The van der Waals surface area contributed by atoms with Gasteiger partial charge in [0.1, 0.15) is 0 Å². The van der Waals surface area contributed by atoms with Gasteiger partial charge < -0.3 is 10.6 Å². The molecule has 0 bridgehead atoms. The number of amides is 1. The highest BCUT2D eigenvalue weighted by atomic mass is 35.5. The quantitative estimate of drug-likeness (QED) is 0.887. The maximum Gasteiger partial charge on any atom is 0.239 e. The SMILES string of the molecule is CC1CCC(NC(=O)CNc2ccc(Cl)cc2)CC1. The fourth-order valence-corrected chi connectivity index (χ4v) is 2.56. The summed E-state index contributed by atoms with van der Waals surface area (Å²) in [6, 6.07) is 7.72. The highest BCUT2D eigenvalue weighted by Crippen LogP contribution is 2.23. The molecule has 0 radical (unpaired) electrons. The first-order valence-corrected chi connectivity index (χ1v) is 7.30. The molecule has 0 heterocycles. The molecule has 0 aliphatic heterocycles. The molecule has 2 rings (SSSR count). The molecule has 1 aromatic carbocycles. The predicted molar refractivity (Wildman–Crippen MR) is 79.5 cm³/mol. The molecule has 1 aliphatic carbocycles. The number of hydrogen-bond donors (Lipinski definition) is 2. The van der Waals surface area contributed by atoms with Gasteiger partial charge in [0.25, 0.3) is 0 Å². The Kier molecular flexibility index (Phi) is 5.08. The van der Waals surface area contributed by atoms with Gasteiger partial charge in [-0.05, 0) is 55.9 Å². The first-order valence-electron chi connectivity index (χ1n) is 6.92. The molecule has 104 valence electrons. The van der Waals surface area contributed by atoms with Crippen LogP contribution in [0.3, 0.4) is 0 Å². The second kappa shape index (κ2) is 6.80. The van der Waals surface area contributed by atoms with Crippen LogP contribution in [0.25, 0.3) is 0 Å². The normalized spacial score (nSPS) is 22.8. The van der Waals surface area contributed by atoms with Crippen LogP contribution in [0.2, 0.25) is 5.02 Å². The molecule has 1 amide bonds. The van der Waals surface area contributed by atoms with E-state index in [0.717, 1.165) is 24.4 Å². The summed E-state index contributed by atoms with van der Waals surface area (Å²) in [5, 5.41) is 6.89. The molecule has 0 atom stereocenters. The van der Waals surface area contributed by atoms with Crippen molar-refractivity contribution in [2.45, 2.75) is 38.6 Å². The second-order valence-corrected chi connectivity index (χ2v) is 5.82. The number of nitrogens with one attached hydrogen (secondary N) is 2. The highest BCUT2D eigenvalue weighted by Gasteiger charge is 2.19. The molecule has 1 aromatic rings. The van der Waals surface area contributed by atoms with Crippen LogP contribution in [0.1, 0.15) is 32.6 Å². The lowest BCUT2D eigenvalue weighted by atomic mass is 9.87. The molecule has 3 nitrogen and oxygen atoms in total. The molecule has 0 unspecified atom stereocenters. The van der Waals surface area contributed by atoms with Crippen LogP contribution < -0.4 is 10.6 Å². The lowest BCUT2D eigenvalue weighted by molar-refractivity contribution is -0.120. The number of benzene rings is 1. The van der Waals surface area contributed by atoms with Crippen molar-refractivity contribution in [2.75, 3.05) is 11.9 Å². The van der Waals surface area contributed by atoms with Gasteiger partial charge in [0, 0.05) is 16.8 Å². The van der Waals surface area contributed by atoms with Gasteiger partial charge in [-0.3, -0.25) is 4.79 Å². The molecule has 0 saturated heterocycles. The van der Waals surface area contributed by atoms with Crippen LogP contribution in [0.15, 0.2) is 24.3 Å². The Morgan fingerprint density at radius 2 is 1.84 bits per heavy atom. The first-order chi connectivity index (χ1) is 9.13. The van der Waals surface area contributed by atoms with Gasteiger partial charge in [0.2, 0.25) is 5.91 Å². The van der Waals surface area contributed by atoms with E-state index in [-0.39, 0.29) is 5.91 Å². The van der Waals surface area contributed by atoms with E-state index in [1.807, 2.05) is 24.3 Å². The van der Waals surface area contributed by atoms with Crippen molar-refractivity contribution in [3.8, 4) is 0 Å². The van der Waals surface area contributed by atoms with Crippen LogP contribution in [0.4, 0.5) is 5.69 Å². The zero-order chi connectivity index (χ0) is 13.7. The summed E-state index contributed by atoms with van der Waals surface area (Å²) < 4.78 is 0. The minimum Gasteiger partial charge on any atom is -0.376 e. The summed E-state index contributed by atoms with van der Waals surface area (Å²) >= 11 is 5.81. The van der Waals surface area contributed by atoms with Crippen LogP contribution in [0.5, 0.6) is 0 Å². The van der Waals surface area contributed by atoms with Crippen LogP contribution >= 0.6 is 11.6 Å². The molecule has 1 saturated carbocycles. The van der Waals surface area contributed by atoms with Crippen molar-refractivity contribution >= 4 is 23.2 Å². The molecular formula is C15H21ClN2O. The Balaban J connectivity index is 1.71. The largest absolute Gasteiger partial charge is 0.376 e. The van der Waals surface area contributed by atoms with E-state index in [2.05, 4.69) is 17.6 Å². The Labute approximate surface area is 119 Å². The summed E-state index contributed by atoms with van der Waals surface area (Å²) in [6.07, 6.45) is 4.65. The fourth-order valence-electron chi connectivity index (χ4n) is 2.43. The number of rotatable bonds is 4. The average Bonchev–Trinajstić information content (AvgIpc) is 2.41. The van der Waals surface area contributed by atoms with E-state index in [0.29, 0.717) is 17.6 Å². The molecule has 0 spiro atoms. The van der Waals surface area contributed by atoms with Gasteiger partial charge in [-0.15, -0.1) is 0 Å². The van der Waals surface area contributed by atoms with Crippen LogP contribution in [0, 0.1) is 5.92 Å². The third-order valence-electron chi connectivity index (χ3n) is 3.68. The summed E-state index contributed by atoms with van der Waals surface area (Å²) in [4.78, 5) is 11.8. The Morgan fingerprint density at radius 1 is 1.21 bits per heavy atom. The van der Waals surface area contributed by atoms with Crippen molar-refractivity contribution < 1.29 is 4.79 Å². The number of carbonyl (C=O) groups is 1. The molecular weight excluding hydrogens is 260 g/mol. The lowest BCUT2D eigenvalue weighted by Crippen LogP contribution is -2.40. The van der Waals surface area contributed by atoms with Crippen molar-refractivity contribution in [3.05, 3.63) is 29.3 Å². The van der Waals surface area contributed by atoms with E-state index in [4.69, 9.17) is 11.6 Å². The highest BCUT2D eigenvalue weighted by molar-refractivity contribution is 6.30. The number of hydrogen-bond acceptors (Lipinski definition) is 2. The minimum atomic E-state index is 0.0644. The number of carbonyl (C=O) groups excluding carboxylic acids is 1. The number of halogens is 1. The Morgan fingerprint density at radius 3 is 2.47 bits per heavy atom. The third kappa shape index (κ3) is 4.75. The van der Waals surface area contributed by atoms with E-state index < -0.39 is 0 Å². The topological polar surface area (TPSA) is 41.1 Å². The molecule has 4 heteroatoms. The third-order valence-corrected chi connectivity index (χ3v) is 3.93. The van der Waals surface area contributed by atoms with Crippen molar-refractivity contribution in [3.63, 3.8) is 0 Å². The van der Waals surface area contributed by atoms with Gasteiger partial charge in [0.05, 0.1) is 6.54 Å². The predicted octanol–water partition coefficient (Wildman–Crippen LogP) is 3.45. The average molecular weight is 281 g/mol. The molecule has 2 N–H and O–H groups in total. The Hall–Kier alpha value is -1.22.